The van der Waals surface area contributed by atoms with Gasteiger partial charge >= 0.3 is 17.7 Å². The number of piperidine rings is 1. The van der Waals surface area contributed by atoms with Crippen molar-refractivity contribution < 1.29 is 28.9 Å². The second-order valence-electron chi connectivity index (χ2n) is 15.6. The van der Waals surface area contributed by atoms with E-state index in [1.54, 1.807) is 0 Å². The van der Waals surface area contributed by atoms with Crippen LogP contribution in [0.4, 0.5) is 4.79 Å². The molecule has 1 aromatic heterocycles. The van der Waals surface area contributed by atoms with E-state index in [2.05, 4.69) is 26.6 Å². The Bertz CT molecular complexity index is 2440. The van der Waals surface area contributed by atoms with Crippen LogP contribution in [0.5, 0.6) is 0 Å². The minimum atomic E-state index is -0.828. The number of nitrogens with one attached hydrogen (secondary N) is 3. The average Bonchev–Trinajstić information content (AvgIpc) is 3.64. The van der Waals surface area contributed by atoms with Crippen molar-refractivity contribution in [2.24, 2.45) is 0 Å². The fourth-order valence-corrected chi connectivity index (χ4v) is 8.42. The van der Waals surface area contributed by atoms with Crippen LogP contribution in [0.3, 0.4) is 0 Å². The quantitative estimate of drug-likeness (QED) is 0.0917. The van der Waals surface area contributed by atoms with Crippen LogP contribution in [0.15, 0.2) is 132 Å². The second-order valence-corrected chi connectivity index (χ2v) is 15.6. The van der Waals surface area contributed by atoms with Gasteiger partial charge in [-0.3, -0.25) is 4.57 Å². The average molecular weight is 810 g/mol. The number of hydrogen-bond acceptors (Lipinski definition) is 8. The molecule has 12 nitrogen and oxygen atoms in total. The van der Waals surface area contributed by atoms with Crippen molar-refractivity contribution in [1.82, 2.24) is 25.1 Å². The molecule has 2 saturated heterocycles. The zero-order valence-electron chi connectivity index (χ0n) is 33.7. The van der Waals surface area contributed by atoms with E-state index < -0.39 is 24.3 Å². The summed E-state index contributed by atoms with van der Waals surface area (Å²) < 4.78 is 20.4. The first kappa shape index (κ1) is 40.7. The predicted octanol–water partition coefficient (Wildman–Crippen LogP) is 6.95. The minimum absolute atomic E-state index is 0.0251. The van der Waals surface area contributed by atoms with Crippen LogP contribution >= 0.6 is 0 Å². The highest BCUT2D eigenvalue weighted by atomic mass is 16.7. The van der Waals surface area contributed by atoms with Gasteiger partial charge in [-0.2, -0.15) is 0 Å². The SMILES string of the molecule is COC(=O)C(Cc1ccccc1)NC(=O)NCc1cccc(-c2cccc(C3OC(CN4CCC(n5c(=O)[nH]c6ccccc65)CC4)CC(c4ccc(CO)cc4)O3)c2)c1. The summed E-state index contributed by atoms with van der Waals surface area (Å²) in [6.07, 6.45) is 1.75. The highest BCUT2D eigenvalue weighted by Crippen LogP contribution is 2.39. The molecule has 6 aromatic rings. The third kappa shape index (κ3) is 9.69. The summed E-state index contributed by atoms with van der Waals surface area (Å²) in [7, 11) is 1.31. The maximum Gasteiger partial charge on any atom is 0.328 e. The number of aliphatic hydroxyl groups excluding tert-OH is 1. The summed E-state index contributed by atoms with van der Waals surface area (Å²) in [5.41, 5.74) is 8.26. The van der Waals surface area contributed by atoms with Gasteiger partial charge in [0.25, 0.3) is 0 Å². The number of imidazole rings is 1. The number of H-pyrrole nitrogens is 1. The number of fused-ring (bicyclic) bond motifs is 1. The molecule has 0 saturated carbocycles. The minimum Gasteiger partial charge on any atom is -0.467 e. The number of hydrogen-bond donors (Lipinski definition) is 4. The molecule has 0 bridgehead atoms. The lowest BCUT2D eigenvalue weighted by Crippen LogP contribution is -2.47. The monoisotopic (exact) mass is 809 g/mol. The van der Waals surface area contributed by atoms with E-state index in [4.69, 9.17) is 14.2 Å². The molecular weight excluding hydrogens is 759 g/mol. The zero-order valence-corrected chi connectivity index (χ0v) is 33.7. The number of esters is 1. The first-order valence-electron chi connectivity index (χ1n) is 20.6. The Hall–Kier alpha value is -6.05. The molecule has 4 N–H and O–H groups in total. The number of carbonyl (C=O) groups is 2. The number of benzene rings is 5. The molecule has 4 unspecified atom stereocenters. The normalized spacial score (nSPS) is 19.1. The number of amides is 2. The van der Waals surface area contributed by atoms with Gasteiger partial charge in [0.2, 0.25) is 0 Å². The number of likely N-dealkylation sites (tertiary alicyclic amines) is 1. The Kier molecular flexibility index (Phi) is 12.8. The van der Waals surface area contributed by atoms with Gasteiger partial charge in [-0.05, 0) is 70.5 Å². The number of rotatable bonds is 13. The van der Waals surface area contributed by atoms with Crippen LogP contribution in [-0.4, -0.2) is 70.4 Å². The van der Waals surface area contributed by atoms with Gasteiger partial charge in [0, 0.05) is 50.6 Å². The Morgan fingerprint density at radius 3 is 2.30 bits per heavy atom. The van der Waals surface area contributed by atoms with E-state index in [1.165, 1.54) is 7.11 Å². The summed E-state index contributed by atoms with van der Waals surface area (Å²) in [5.74, 6) is -0.514. The van der Waals surface area contributed by atoms with E-state index in [1.807, 2.05) is 126 Å². The molecule has 2 aliphatic rings. The molecule has 0 aliphatic carbocycles. The molecule has 0 radical (unpaired) electrons. The van der Waals surface area contributed by atoms with Crippen molar-refractivity contribution in [2.45, 2.75) is 69.4 Å². The van der Waals surface area contributed by atoms with Crippen molar-refractivity contribution in [2.75, 3.05) is 26.7 Å². The standard InChI is InChI=1S/C48H51N5O7/c1-58-45(55)42(26-32-9-3-2-4-10-32)50-47(56)49-29-34-11-7-12-36(25-34)37-13-8-14-38(27-37)46-59-40(28-44(60-46)35-19-17-33(31-54)18-20-35)30-52-23-21-39(22-24-52)53-43-16-6-5-15-41(43)51-48(53)57/h2-20,25,27,39-40,42,44,46,54H,21-24,26,28-31H2,1H3,(H,51,57)(H2,49,50,56). The topological polar surface area (TPSA) is 147 Å². The Balaban J connectivity index is 0.940. The fraction of sp³-hybridized carbons (Fsp3) is 0.312. The maximum atomic E-state index is 13.0. The van der Waals surface area contributed by atoms with Crippen molar-refractivity contribution >= 4 is 23.0 Å². The maximum absolute atomic E-state index is 13.0. The van der Waals surface area contributed by atoms with E-state index in [0.717, 1.165) is 82.5 Å². The zero-order chi connectivity index (χ0) is 41.4. The number of ether oxygens (including phenoxy) is 3. The number of urea groups is 1. The van der Waals surface area contributed by atoms with Crippen LogP contribution in [0, 0.1) is 0 Å². The molecule has 310 valence electrons. The number of aromatic nitrogens is 2. The smallest absolute Gasteiger partial charge is 0.328 e. The number of para-hydroxylation sites is 2. The lowest BCUT2D eigenvalue weighted by Gasteiger charge is -2.40. The van der Waals surface area contributed by atoms with Crippen LogP contribution in [-0.2, 0) is 38.6 Å². The van der Waals surface area contributed by atoms with Crippen molar-refractivity contribution in [1.29, 1.82) is 0 Å². The van der Waals surface area contributed by atoms with Gasteiger partial charge in [-0.1, -0.05) is 103 Å². The lowest BCUT2D eigenvalue weighted by molar-refractivity contribution is -0.253. The summed E-state index contributed by atoms with van der Waals surface area (Å²) in [4.78, 5) is 43.8. The van der Waals surface area contributed by atoms with Crippen molar-refractivity contribution in [3.63, 3.8) is 0 Å². The van der Waals surface area contributed by atoms with Gasteiger partial charge in [-0.25, -0.2) is 14.4 Å². The first-order chi connectivity index (χ1) is 29.3. The molecule has 12 heteroatoms. The molecule has 5 aromatic carbocycles. The van der Waals surface area contributed by atoms with E-state index >= 15 is 0 Å². The number of aliphatic hydroxyl groups is 1. The van der Waals surface area contributed by atoms with Crippen LogP contribution in [0.1, 0.15) is 65.5 Å². The van der Waals surface area contributed by atoms with E-state index in [-0.39, 0.29) is 37.1 Å². The second kappa shape index (κ2) is 18.9. The molecule has 4 atom stereocenters. The largest absolute Gasteiger partial charge is 0.467 e. The summed E-state index contributed by atoms with van der Waals surface area (Å²) in [6.45, 7) is 2.65. The number of methoxy groups -OCH3 is 1. The number of carbonyl (C=O) groups excluding carboxylic acids is 2. The highest BCUT2D eigenvalue weighted by molar-refractivity contribution is 5.83. The molecule has 8 rings (SSSR count). The van der Waals surface area contributed by atoms with Gasteiger partial charge < -0.3 is 39.8 Å². The van der Waals surface area contributed by atoms with Gasteiger partial charge in [0.05, 0.1) is 37.0 Å². The van der Waals surface area contributed by atoms with Gasteiger partial charge in [0.1, 0.15) is 6.04 Å². The van der Waals surface area contributed by atoms with E-state index in [9.17, 15) is 19.5 Å². The first-order valence-corrected chi connectivity index (χ1v) is 20.6. The van der Waals surface area contributed by atoms with Crippen LogP contribution in [0.25, 0.3) is 22.2 Å². The van der Waals surface area contributed by atoms with Gasteiger partial charge in [-0.15, -0.1) is 0 Å². The number of aromatic amines is 1. The summed E-state index contributed by atoms with van der Waals surface area (Å²) >= 11 is 0. The Morgan fingerprint density at radius 1 is 0.817 bits per heavy atom. The van der Waals surface area contributed by atoms with Crippen LogP contribution in [0.2, 0.25) is 0 Å². The summed E-state index contributed by atoms with van der Waals surface area (Å²) in [6, 6.07) is 40.2. The highest BCUT2D eigenvalue weighted by Gasteiger charge is 2.34. The van der Waals surface area contributed by atoms with Crippen molar-refractivity contribution in [3.05, 3.63) is 166 Å². The number of nitrogens with zero attached hydrogens (tertiary/aromatic N) is 2. The lowest BCUT2D eigenvalue weighted by atomic mass is 9.97. The Morgan fingerprint density at radius 2 is 1.53 bits per heavy atom. The molecule has 2 aliphatic heterocycles. The molecule has 2 fully saturated rings. The molecule has 60 heavy (non-hydrogen) atoms. The van der Waals surface area contributed by atoms with Crippen LogP contribution < -0.4 is 16.3 Å². The Labute approximate surface area is 349 Å². The fourth-order valence-electron chi connectivity index (χ4n) is 8.42. The molecule has 0 spiro atoms. The molecule has 2 amide bonds. The van der Waals surface area contributed by atoms with Crippen molar-refractivity contribution in [3.8, 4) is 11.1 Å². The molecular formula is C48H51N5O7. The molecule has 3 heterocycles. The predicted molar refractivity (Wildman–Crippen MR) is 229 cm³/mol. The third-order valence-electron chi connectivity index (χ3n) is 11.6. The van der Waals surface area contributed by atoms with E-state index in [0.29, 0.717) is 12.8 Å². The summed E-state index contributed by atoms with van der Waals surface area (Å²) in [5, 5.41) is 15.3. The third-order valence-corrected chi connectivity index (χ3v) is 11.6. The van der Waals surface area contributed by atoms with Gasteiger partial charge in [0.15, 0.2) is 6.29 Å².